The van der Waals surface area contributed by atoms with E-state index in [-0.39, 0.29) is 21.4 Å². The molecule has 0 bridgehead atoms. The Balaban J connectivity index is 1.94. The second-order valence-electron chi connectivity index (χ2n) is 5.45. The van der Waals surface area contributed by atoms with Crippen molar-refractivity contribution in [3.8, 4) is 0 Å². The first-order chi connectivity index (χ1) is 12.7. The Hall–Kier alpha value is -2.46. The maximum atomic E-state index is 12.7. The van der Waals surface area contributed by atoms with Gasteiger partial charge in [-0.1, -0.05) is 41.4 Å². The first-order valence-electron chi connectivity index (χ1n) is 7.44. The number of nitrogens with one attached hydrogen (secondary N) is 1. The minimum absolute atomic E-state index is 0.0586. The smallest absolute Gasteiger partial charge is 0.282 e. The largest absolute Gasteiger partial charge is 0.301 e. The molecule has 1 aliphatic rings. The number of nitrogens with zero attached hydrogens (tertiary/aromatic N) is 3. The molecular formula is C16H12Cl2N4O4S. The summed E-state index contributed by atoms with van der Waals surface area (Å²) in [5.41, 5.74) is 3.89. The second kappa shape index (κ2) is 7.28. The van der Waals surface area contributed by atoms with E-state index < -0.39 is 20.9 Å². The van der Waals surface area contributed by atoms with Crippen LogP contribution in [0, 0.1) is 0 Å². The van der Waals surface area contributed by atoms with E-state index in [1.54, 1.807) is 19.1 Å². The van der Waals surface area contributed by atoms with E-state index in [1.807, 2.05) is 18.2 Å². The molecule has 0 aliphatic carbocycles. The molecule has 3 rings (SSSR count). The van der Waals surface area contributed by atoms with E-state index in [1.165, 1.54) is 0 Å². The van der Waals surface area contributed by atoms with Crippen molar-refractivity contribution < 1.29 is 17.8 Å². The van der Waals surface area contributed by atoms with Gasteiger partial charge in [-0.15, -0.1) is 0 Å². The Morgan fingerprint density at radius 3 is 2.44 bits per heavy atom. The van der Waals surface area contributed by atoms with Crippen LogP contribution in [0.15, 0.2) is 57.6 Å². The Labute approximate surface area is 164 Å². The standard InChI is InChI=1S/C16H12Cl2N4O4S/c1-9-15(20-19-10-5-3-2-4-6-10)16(23)22(21-9)13-7-12(18)14(8-11(13)17)27(24,25)26/h2-8,19H,1H3,(H,24,25,26)/b20-15-. The lowest BCUT2D eigenvalue weighted by molar-refractivity contribution is -0.112. The van der Waals surface area contributed by atoms with Crippen molar-refractivity contribution in [3.05, 3.63) is 52.5 Å². The van der Waals surface area contributed by atoms with Crippen molar-refractivity contribution in [2.24, 2.45) is 10.2 Å². The molecule has 140 valence electrons. The fraction of sp³-hybridized carbons (Fsp3) is 0.0625. The zero-order valence-corrected chi connectivity index (χ0v) is 16.0. The predicted molar refractivity (Wildman–Crippen MR) is 104 cm³/mol. The molecule has 0 saturated carbocycles. The number of carbonyl (C=O) groups is 1. The average Bonchev–Trinajstić information content (AvgIpc) is 2.89. The first kappa shape index (κ1) is 19.3. The van der Waals surface area contributed by atoms with Crippen LogP contribution in [0.2, 0.25) is 10.0 Å². The number of anilines is 2. The maximum absolute atomic E-state index is 12.7. The van der Waals surface area contributed by atoms with Crippen LogP contribution in [0.3, 0.4) is 0 Å². The Kier molecular flexibility index (Phi) is 5.20. The van der Waals surface area contributed by atoms with Gasteiger partial charge >= 0.3 is 5.91 Å². The average molecular weight is 427 g/mol. The summed E-state index contributed by atoms with van der Waals surface area (Å²) in [7, 11) is -4.56. The number of halogens is 2. The van der Waals surface area contributed by atoms with Crippen molar-refractivity contribution in [2.45, 2.75) is 11.8 Å². The molecule has 1 heterocycles. The molecule has 2 aromatic rings. The second-order valence-corrected chi connectivity index (χ2v) is 7.65. The van der Waals surface area contributed by atoms with Gasteiger partial charge in [0.25, 0.3) is 10.1 Å². The number of carbonyl (C=O) groups excluding carboxylic acids is 1. The molecule has 0 spiro atoms. The van der Waals surface area contributed by atoms with Gasteiger partial charge in [0.1, 0.15) is 4.90 Å². The molecule has 1 aliphatic heterocycles. The Morgan fingerprint density at radius 1 is 1.15 bits per heavy atom. The van der Waals surface area contributed by atoms with Gasteiger partial charge in [-0.2, -0.15) is 23.6 Å². The highest BCUT2D eigenvalue weighted by molar-refractivity contribution is 7.86. The van der Waals surface area contributed by atoms with Crippen LogP contribution in [0.5, 0.6) is 0 Å². The summed E-state index contributed by atoms with van der Waals surface area (Å²) in [6, 6.07) is 11.1. The van der Waals surface area contributed by atoms with Crippen molar-refractivity contribution in [1.29, 1.82) is 0 Å². The third-order valence-electron chi connectivity index (χ3n) is 3.57. The summed E-state index contributed by atoms with van der Waals surface area (Å²) in [4.78, 5) is 12.1. The van der Waals surface area contributed by atoms with Gasteiger partial charge in [-0.25, -0.2) is 0 Å². The van der Waals surface area contributed by atoms with Crippen LogP contribution in [0.1, 0.15) is 6.92 Å². The van der Waals surface area contributed by atoms with Crippen molar-refractivity contribution in [2.75, 3.05) is 10.4 Å². The summed E-state index contributed by atoms with van der Waals surface area (Å²) in [5.74, 6) is -0.575. The molecule has 0 saturated heterocycles. The number of benzene rings is 2. The van der Waals surface area contributed by atoms with Gasteiger partial charge in [-0.3, -0.25) is 14.8 Å². The van der Waals surface area contributed by atoms with Gasteiger partial charge in [0.2, 0.25) is 0 Å². The minimum Gasteiger partial charge on any atom is -0.282 e. The normalized spacial score (nSPS) is 16.0. The Bertz CT molecular complexity index is 1090. The lowest BCUT2D eigenvalue weighted by atomic mass is 10.2. The van der Waals surface area contributed by atoms with E-state index >= 15 is 0 Å². The van der Waals surface area contributed by atoms with E-state index in [0.717, 1.165) is 17.1 Å². The topological polar surface area (TPSA) is 111 Å². The molecular weight excluding hydrogens is 415 g/mol. The molecule has 0 atom stereocenters. The SMILES string of the molecule is CC1=NN(c2cc(Cl)c(S(=O)(=O)O)cc2Cl)C(=O)/C1=N\Nc1ccccc1. The number of para-hydroxylation sites is 1. The number of rotatable bonds is 4. The van der Waals surface area contributed by atoms with Gasteiger partial charge < -0.3 is 0 Å². The highest BCUT2D eigenvalue weighted by atomic mass is 35.5. The molecule has 0 fully saturated rings. The molecule has 2 aromatic carbocycles. The highest BCUT2D eigenvalue weighted by Crippen LogP contribution is 2.35. The molecule has 0 unspecified atom stereocenters. The third-order valence-corrected chi connectivity index (χ3v) is 5.19. The van der Waals surface area contributed by atoms with Crippen molar-refractivity contribution in [3.63, 3.8) is 0 Å². The summed E-state index contributed by atoms with van der Waals surface area (Å²) in [6.45, 7) is 1.59. The van der Waals surface area contributed by atoms with Gasteiger partial charge in [0, 0.05) is 0 Å². The lowest BCUT2D eigenvalue weighted by Gasteiger charge is -2.14. The molecule has 27 heavy (non-hydrogen) atoms. The van der Waals surface area contributed by atoms with E-state index in [0.29, 0.717) is 11.4 Å². The number of hydrogen-bond donors (Lipinski definition) is 2. The number of amides is 1. The molecule has 11 heteroatoms. The fourth-order valence-corrected chi connectivity index (χ4v) is 3.63. The number of hydrazone groups is 2. The van der Waals surface area contributed by atoms with Crippen molar-refractivity contribution >= 4 is 62.0 Å². The van der Waals surface area contributed by atoms with Crippen LogP contribution in [-0.2, 0) is 14.9 Å². The molecule has 0 aromatic heterocycles. The molecule has 0 radical (unpaired) electrons. The lowest BCUT2D eigenvalue weighted by Crippen LogP contribution is -2.28. The number of hydrogen-bond acceptors (Lipinski definition) is 6. The van der Waals surface area contributed by atoms with Gasteiger partial charge in [-0.05, 0) is 31.2 Å². The molecule has 2 N–H and O–H groups in total. The van der Waals surface area contributed by atoms with E-state index in [2.05, 4.69) is 15.6 Å². The van der Waals surface area contributed by atoms with Crippen LogP contribution in [0.25, 0.3) is 0 Å². The maximum Gasteiger partial charge on any atom is 0.301 e. The monoisotopic (exact) mass is 426 g/mol. The van der Waals surface area contributed by atoms with E-state index in [9.17, 15) is 13.2 Å². The van der Waals surface area contributed by atoms with Gasteiger partial charge in [0.05, 0.1) is 27.1 Å². The van der Waals surface area contributed by atoms with Crippen molar-refractivity contribution in [1.82, 2.24) is 0 Å². The van der Waals surface area contributed by atoms with Crippen LogP contribution < -0.4 is 10.4 Å². The zero-order chi connectivity index (χ0) is 19.8. The third kappa shape index (κ3) is 3.96. The summed E-state index contributed by atoms with van der Waals surface area (Å²) in [5, 5.41) is 8.70. The summed E-state index contributed by atoms with van der Waals surface area (Å²) in [6.07, 6.45) is 0. The minimum atomic E-state index is -4.56. The summed E-state index contributed by atoms with van der Waals surface area (Å²) >= 11 is 12.0. The molecule has 8 nitrogen and oxygen atoms in total. The molecule has 1 amide bonds. The van der Waals surface area contributed by atoms with Crippen LogP contribution in [0.4, 0.5) is 11.4 Å². The summed E-state index contributed by atoms with van der Waals surface area (Å²) < 4.78 is 31.8. The highest BCUT2D eigenvalue weighted by Gasteiger charge is 2.33. The fourth-order valence-electron chi connectivity index (χ4n) is 2.30. The van der Waals surface area contributed by atoms with Crippen LogP contribution in [-0.4, -0.2) is 30.3 Å². The Morgan fingerprint density at radius 2 is 1.81 bits per heavy atom. The van der Waals surface area contributed by atoms with E-state index in [4.69, 9.17) is 27.8 Å². The quantitative estimate of drug-likeness (QED) is 0.574. The zero-order valence-electron chi connectivity index (χ0n) is 13.7. The first-order valence-corrected chi connectivity index (χ1v) is 9.63. The predicted octanol–water partition coefficient (Wildman–Crippen LogP) is 3.43. The van der Waals surface area contributed by atoms with Crippen LogP contribution >= 0.6 is 23.2 Å². The van der Waals surface area contributed by atoms with Gasteiger partial charge in [0.15, 0.2) is 5.71 Å².